The van der Waals surface area contributed by atoms with E-state index in [0.29, 0.717) is 0 Å². The van der Waals surface area contributed by atoms with Crippen LogP contribution in [0.2, 0.25) is 0 Å². The van der Waals surface area contributed by atoms with Crippen LogP contribution in [0.25, 0.3) is 71.3 Å². The molecular weight excluding hydrogens is 869 g/mol. The molecule has 0 N–H and O–H groups in total. The molecule has 2 nitrogen and oxygen atoms in total. The third-order valence-corrected chi connectivity index (χ3v) is 16.6. The number of anilines is 3. The van der Waals surface area contributed by atoms with Gasteiger partial charge in [0.1, 0.15) is 0 Å². The molecule has 2 heteroatoms. The number of benzene rings is 12. The molecule has 1 spiro atoms. The number of para-hydroxylation sites is 3. The first-order valence-electron chi connectivity index (χ1n) is 25.2. The predicted octanol–water partition coefficient (Wildman–Crippen LogP) is 17.6. The number of hydrogen-bond donors (Lipinski definition) is 0. The van der Waals surface area contributed by atoms with E-state index < -0.39 is 10.8 Å². The highest BCUT2D eigenvalue weighted by Gasteiger charge is 2.52. The topological polar surface area (TPSA) is 8.17 Å². The van der Waals surface area contributed by atoms with E-state index in [2.05, 4.69) is 276 Å². The van der Waals surface area contributed by atoms with Crippen LogP contribution in [0, 0.1) is 0 Å². The number of nitrogens with zero attached hydrogens (tertiary/aromatic N) is 2. The molecule has 12 aromatic carbocycles. The first kappa shape index (κ1) is 39.6. The van der Waals surface area contributed by atoms with Gasteiger partial charge in [-0.1, -0.05) is 224 Å². The molecule has 72 heavy (non-hydrogen) atoms. The molecule has 0 amide bonds. The summed E-state index contributed by atoms with van der Waals surface area (Å²) >= 11 is 0. The summed E-state index contributed by atoms with van der Waals surface area (Å²) in [6.45, 7) is 0. The highest BCUT2D eigenvalue weighted by atomic mass is 15.1. The molecule has 0 radical (unpaired) electrons. The summed E-state index contributed by atoms with van der Waals surface area (Å²) in [6, 6.07) is 101. The van der Waals surface area contributed by atoms with Crippen molar-refractivity contribution < 1.29 is 0 Å². The second-order valence-corrected chi connectivity index (χ2v) is 19.9. The van der Waals surface area contributed by atoms with Gasteiger partial charge < -0.3 is 9.47 Å². The Labute approximate surface area is 418 Å². The lowest BCUT2D eigenvalue weighted by Crippen LogP contribution is -2.33. The standard InChI is InChI=1S/C70H44N2/c1-3-20-47(21-4-1)69(48-22-5-2-6-23-48)58-29-12-9-25-53(58)54-42-40-50(44-63(54)69)71(49-39-41-52-46(43-49)38-37-45-19-7-8-24-51(45)52)66-36-18-32-61-67(66)57-27-10-13-30-59(57)70(61)60-31-14-16-35-65(60)72-64-34-15-11-26-55(64)56-28-17-33-62(70)68(56)72/h1-44H. The summed E-state index contributed by atoms with van der Waals surface area (Å²) < 4.78 is 2.53. The molecule has 1 unspecified atom stereocenters. The van der Waals surface area contributed by atoms with E-state index in [0.717, 1.165) is 17.1 Å². The summed E-state index contributed by atoms with van der Waals surface area (Å²) in [5.74, 6) is 0. The van der Waals surface area contributed by atoms with Crippen LogP contribution >= 0.6 is 0 Å². The van der Waals surface area contributed by atoms with E-state index in [1.165, 1.54) is 116 Å². The zero-order valence-corrected chi connectivity index (χ0v) is 39.3. The van der Waals surface area contributed by atoms with E-state index in [4.69, 9.17) is 0 Å². The van der Waals surface area contributed by atoms with Crippen LogP contribution in [-0.2, 0) is 10.8 Å². The second-order valence-electron chi connectivity index (χ2n) is 19.9. The monoisotopic (exact) mass is 912 g/mol. The Kier molecular flexibility index (Phi) is 8.05. The van der Waals surface area contributed by atoms with Crippen LogP contribution in [-0.4, -0.2) is 4.57 Å². The fourth-order valence-electron chi connectivity index (χ4n) is 13.9. The summed E-state index contributed by atoms with van der Waals surface area (Å²) in [6.07, 6.45) is 0. The lowest BCUT2D eigenvalue weighted by molar-refractivity contribution is 0.748. The fraction of sp³-hybridized carbons (Fsp3) is 0.0286. The van der Waals surface area contributed by atoms with Gasteiger partial charge in [0.2, 0.25) is 0 Å². The molecule has 2 heterocycles. The van der Waals surface area contributed by atoms with Crippen molar-refractivity contribution in [3.63, 3.8) is 0 Å². The van der Waals surface area contributed by atoms with Crippen molar-refractivity contribution in [2.24, 2.45) is 0 Å². The van der Waals surface area contributed by atoms with E-state index in [1.54, 1.807) is 0 Å². The van der Waals surface area contributed by atoms with Gasteiger partial charge in [0.15, 0.2) is 0 Å². The third-order valence-electron chi connectivity index (χ3n) is 16.6. The molecule has 3 aliphatic rings. The van der Waals surface area contributed by atoms with Gasteiger partial charge in [-0.2, -0.15) is 0 Å². The average Bonchev–Trinajstić information content (AvgIpc) is 4.07. The molecular formula is C70H44N2. The first-order chi connectivity index (χ1) is 35.7. The van der Waals surface area contributed by atoms with Gasteiger partial charge in [-0.15, -0.1) is 0 Å². The van der Waals surface area contributed by atoms with Crippen LogP contribution in [0.3, 0.4) is 0 Å². The molecule has 1 aromatic heterocycles. The molecule has 0 fully saturated rings. The minimum absolute atomic E-state index is 0.559. The zero-order valence-electron chi connectivity index (χ0n) is 39.3. The van der Waals surface area contributed by atoms with Crippen LogP contribution in [0.1, 0.15) is 44.5 Å². The van der Waals surface area contributed by atoms with Crippen molar-refractivity contribution in [2.45, 2.75) is 10.8 Å². The van der Waals surface area contributed by atoms with Crippen LogP contribution in [0.4, 0.5) is 17.1 Å². The maximum Gasteiger partial charge on any atom is 0.0755 e. The fourth-order valence-corrected chi connectivity index (χ4v) is 13.9. The maximum atomic E-state index is 2.57. The number of fused-ring (bicyclic) bond motifs is 18. The Morgan fingerprint density at radius 1 is 0.306 bits per heavy atom. The first-order valence-corrected chi connectivity index (χ1v) is 25.2. The molecule has 13 aromatic rings. The number of rotatable bonds is 5. The SMILES string of the molecule is c1ccc(C2(c3ccccc3)c3ccccc3-c3ccc(N(c4ccc5c(ccc6ccccc65)c4)c4cccc5c4-c4ccccc4C54c5ccccc5-n5c6ccccc6c6cccc4c65)cc32)cc1. The highest BCUT2D eigenvalue weighted by Crippen LogP contribution is 2.64. The average molecular weight is 913 g/mol. The van der Waals surface area contributed by atoms with Crippen molar-refractivity contribution in [1.29, 1.82) is 0 Å². The number of aromatic nitrogens is 1. The minimum atomic E-state index is -0.592. The van der Waals surface area contributed by atoms with Crippen molar-refractivity contribution in [2.75, 3.05) is 4.90 Å². The molecule has 334 valence electrons. The van der Waals surface area contributed by atoms with Gasteiger partial charge in [0.05, 0.1) is 33.2 Å². The summed E-state index contributed by atoms with van der Waals surface area (Å²) in [7, 11) is 0. The summed E-state index contributed by atoms with van der Waals surface area (Å²) in [5, 5.41) is 7.52. The van der Waals surface area contributed by atoms with Crippen molar-refractivity contribution in [1.82, 2.24) is 4.57 Å². The Bertz CT molecular complexity index is 4370. The van der Waals surface area contributed by atoms with Crippen molar-refractivity contribution in [3.8, 4) is 27.9 Å². The lowest BCUT2D eigenvalue weighted by atomic mass is 9.65. The van der Waals surface area contributed by atoms with Gasteiger partial charge in [0, 0.05) is 27.7 Å². The minimum Gasteiger partial charge on any atom is -0.310 e. The predicted molar refractivity (Wildman–Crippen MR) is 299 cm³/mol. The Hall–Kier alpha value is -9.24. The smallest absolute Gasteiger partial charge is 0.0755 e. The molecule has 0 saturated carbocycles. The molecule has 16 rings (SSSR count). The van der Waals surface area contributed by atoms with Gasteiger partial charge >= 0.3 is 0 Å². The highest BCUT2D eigenvalue weighted by molar-refractivity contribution is 6.14. The van der Waals surface area contributed by atoms with Crippen molar-refractivity contribution >= 4 is 60.4 Å². The Morgan fingerprint density at radius 2 is 0.861 bits per heavy atom. The number of hydrogen-bond acceptors (Lipinski definition) is 1. The normalized spacial score (nSPS) is 15.4. The van der Waals surface area contributed by atoms with Crippen LogP contribution in [0.5, 0.6) is 0 Å². The molecule has 2 aliphatic carbocycles. The van der Waals surface area contributed by atoms with Gasteiger partial charge in [-0.05, 0) is 125 Å². The van der Waals surface area contributed by atoms with Gasteiger partial charge in [-0.25, -0.2) is 0 Å². The van der Waals surface area contributed by atoms with Crippen molar-refractivity contribution in [3.05, 3.63) is 311 Å². The molecule has 0 saturated heterocycles. The van der Waals surface area contributed by atoms with E-state index >= 15 is 0 Å². The molecule has 1 atom stereocenters. The molecule has 1 aliphatic heterocycles. The van der Waals surface area contributed by atoms with Crippen LogP contribution < -0.4 is 4.90 Å². The van der Waals surface area contributed by atoms with Gasteiger partial charge in [0.25, 0.3) is 0 Å². The quantitative estimate of drug-likeness (QED) is 0.156. The van der Waals surface area contributed by atoms with E-state index in [9.17, 15) is 0 Å². The maximum absolute atomic E-state index is 2.57. The second kappa shape index (κ2) is 14.6. The molecule has 0 bridgehead atoms. The van der Waals surface area contributed by atoms with Gasteiger partial charge in [-0.3, -0.25) is 0 Å². The Balaban J connectivity index is 1.02. The van der Waals surface area contributed by atoms with E-state index in [-0.39, 0.29) is 0 Å². The summed E-state index contributed by atoms with van der Waals surface area (Å²) in [4.78, 5) is 2.57. The van der Waals surface area contributed by atoms with E-state index in [1.807, 2.05) is 0 Å². The van der Waals surface area contributed by atoms with Crippen LogP contribution in [0.15, 0.2) is 267 Å². The third kappa shape index (κ3) is 4.98. The summed E-state index contributed by atoms with van der Waals surface area (Å²) in [5.41, 5.74) is 21.3. The zero-order chi connectivity index (χ0) is 47.1. The Morgan fingerprint density at radius 3 is 1.68 bits per heavy atom. The largest absolute Gasteiger partial charge is 0.310 e. The lowest BCUT2D eigenvalue weighted by Gasteiger charge is -2.39.